The summed E-state index contributed by atoms with van der Waals surface area (Å²) < 4.78 is 0. The van der Waals surface area contributed by atoms with Crippen molar-refractivity contribution in [2.75, 3.05) is 65.4 Å². The van der Waals surface area contributed by atoms with Crippen molar-refractivity contribution in [2.24, 2.45) is 23.7 Å². The molecule has 0 N–H and O–H groups in total. The van der Waals surface area contributed by atoms with E-state index in [9.17, 15) is 10.5 Å². The van der Waals surface area contributed by atoms with E-state index in [0.717, 1.165) is 81.6 Å². The number of hydrogen-bond acceptors (Lipinski definition) is 6. The molecule has 3 fully saturated rings. The van der Waals surface area contributed by atoms with Gasteiger partial charge < -0.3 is 19.6 Å². The monoisotopic (exact) mass is 440 g/mol. The molecule has 3 heterocycles. The topological polar surface area (TPSA) is 60.5 Å². The third-order valence-electron chi connectivity index (χ3n) is 7.38. The summed E-state index contributed by atoms with van der Waals surface area (Å²) in [6.45, 7) is 20.2. The molecule has 3 aliphatic heterocycles. The third kappa shape index (κ3) is 6.87. The highest BCUT2D eigenvalue weighted by Gasteiger charge is 2.29. The van der Waals surface area contributed by atoms with Crippen LogP contribution in [0.2, 0.25) is 0 Å². The van der Waals surface area contributed by atoms with E-state index in [1.165, 1.54) is 39.0 Å². The van der Waals surface area contributed by atoms with Crippen LogP contribution in [0.3, 0.4) is 0 Å². The van der Waals surface area contributed by atoms with Crippen molar-refractivity contribution in [1.29, 1.82) is 10.5 Å². The molecule has 0 bridgehead atoms. The predicted octanol–water partition coefficient (Wildman–Crippen LogP) is 3.60. The Kier molecular flexibility index (Phi) is 9.26. The van der Waals surface area contributed by atoms with Gasteiger partial charge in [-0.1, -0.05) is 27.7 Å². The van der Waals surface area contributed by atoms with E-state index in [1.807, 2.05) is 0 Å². The SMILES string of the molecule is CC1CC(C)CN(CCCN2CCN(CCCN3CC(C)CC(C)C3)C2=C(C#N)C#N)C1. The van der Waals surface area contributed by atoms with Gasteiger partial charge in [0.1, 0.15) is 18.0 Å². The van der Waals surface area contributed by atoms with Crippen molar-refractivity contribution in [2.45, 2.75) is 53.4 Å². The first-order chi connectivity index (χ1) is 15.4. The molecule has 3 aliphatic rings. The third-order valence-corrected chi connectivity index (χ3v) is 7.38. The average Bonchev–Trinajstić information content (AvgIpc) is 3.10. The summed E-state index contributed by atoms with van der Waals surface area (Å²) in [5, 5.41) is 19.2. The Morgan fingerprint density at radius 1 is 0.688 bits per heavy atom. The van der Waals surface area contributed by atoms with Gasteiger partial charge in [-0.15, -0.1) is 0 Å². The Labute approximate surface area is 196 Å². The second kappa shape index (κ2) is 11.9. The summed E-state index contributed by atoms with van der Waals surface area (Å²) in [7, 11) is 0. The quantitative estimate of drug-likeness (QED) is 0.538. The van der Waals surface area contributed by atoms with Gasteiger partial charge in [-0.2, -0.15) is 10.5 Å². The Balaban J connectivity index is 1.51. The molecule has 0 aromatic carbocycles. The highest BCUT2D eigenvalue weighted by molar-refractivity contribution is 5.40. The van der Waals surface area contributed by atoms with Crippen LogP contribution in [0.15, 0.2) is 11.4 Å². The zero-order valence-corrected chi connectivity index (χ0v) is 20.9. The summed E-state index contributed by atoms with van der Waals surface area (Å²) in [5.74, 6) is 4.02. The van der Waals surface area contributed by atoms with Gasteiger partial charge in [-0.25, -0.2) is 0 Å². The first-order valence-corrected chi connectivity index (χ1v) is 12.9. The lowest BCUT2D eigenvalue weighted by atomic mass is 9.92. The van der Waals surface area contributed by atoms with Crippen LogP contribution in [-0.2, 0) is 0 Å². The average molecular weight is 441 g/mol. The fourth-order valence-electron chi connectivity index (χ4n) is 6.45. The van der Waals surface area contributed by atoms with Gasteiger partial charge >= 0.3 is 0 Å². The minimum Gasteiger partial charge on any atom is -0.355 e. The van der Waals surface area contributed by atoms with E-state index in [-0.39, 0.29) is 5.57 Å². The molecular weight excluding hydrogens is 396 g/mol. The van der Waals surface area contributed by atoms with Gasteiger partial charge in [-0.3, -0.25) is 0 Å². The van der Waals surface area contributed by atoms with E-state index in [2.05, 4.69) is 59.4 Å². The smallest absolute Gasteiger partial charge is 0.169 e. The number of allylic oxidation sites excluding steroid dienone is 1. The van der Waals surface area contributed by atoms with Crippen molar-refractivity contribution >= 4 is 0 Å². The Morgan fingerprint density at radius 2 is 1.06 bits per heavy atom. The molecule has 0 saturated carbocycles. The molecule has 0 radical (unpaired) electrons. The van der Waals surface area contributed by atoms with Crippen LogP contribution in [-0.4, -0.2) is 85.0 Å². The maximum atomic E-state index is 9.60. The van der Waals surface area contributed by atoms with Crippen LogP contribution in [0.5, 0.6) is 0 Å². The van der Waals surface area contributed by atoms with Gasteiger partial charge in [0.2, 0.25) is 0 Å². The number of nitrogens with zero attached hydrogens (tertiary/aromatic N) is 6. The first kappa shape index (κ1) is 24.9. The standard InChI is InChI=1S/C26H44N6/c1-21-13-22(2)18-29(17-21)7-5-9-31-11-12-32(26(31)25(15-27)16-28)10-6-8-30-19-23(3)14-24(4)20-30/h21-24H,5-14,17-20H2,1-4H3. The van der Waals surface area contributed by atoms with E-state index in [4.69, 9.17) is 0 Å². The van der Waals surface area contributed by atoms with E-state index < -0.39 is 0 Å². The largest absolute Gasteiger partial charge is 0.355 e. The molecule has 3 rings (SSSR count). The van der Waals surface area contributed by atoms with E-state index in [1.54, 1.807) is 0 Å². The fraction of sp³-hybridized carbons (Fsp3) is 0.846. The van der Waals surface area contributed by atoms with E-state index >= 15 is 0 Å². The number of likely N-dealkylation sites (tertiary alicyclic amines) is 2. The summed E-state index contributed by atoms with van der Waals surface area (Å²) in [6.07, 6.45) is 4.86. The zero-order valence-electron chi connectivity index (χ0n) is 20.9. The lowest BCUT2D eigenvalue weighted by molar-refractivity contribution is 0.134. The van der Waals surface area contributed by atoms with Gasteiger partial charge in [0.15, 0.2) is 5.57 Å². The Bertz CT molecular complexity index is 641. The lowest BCUT2D eigenvalue weighted by Gasteiger charge is -2.35. The maximum absolute atomic E-state index is 9.60. The van der Waals surface area contributed by atoms with Crippen LogP contribution >= 0.6 is 0 Å². The molecule has 6 heteroatoms. The fourth-order valence-corrected chi connectivity index (χ4v) is 6.45. The lowest BCUT2D eigenvalue weighted by Crippen LogP contribution is -2.40. The number of piperidine rings is 2. The molecular formula is C26H44N6. The van der Waals surface area contributed by atoms with Crippen LogP contribution in [0.1, 0.15) is 53.4 Å². The highest BCUT2D eigenvalue weighted by Crippen LogP contribution is 2.25. The normalized spacial score (nSPS) is 29.8. The molecule has 0 spiro atoms. The van der Waals surface area contributed by atoms with Gasteiger partial charge in [0.05, 0.1) is 0 Å². The number of rotatable bonds is 8. The van der Waals surface area contributed by atoms with Crippen molar-refractivity contribution < 1.29 is 0 Å². The second-order valence-corrected chi connectivity index (χ2v) is 11.0. The molecule has 6 nitrogen and oxygen atoms in total. The van der Waals surface area contributed by atoms with Crippen LogP contribution in [0, 0.1) is 46.3 Å². The zero-order chi connectivity index (χ0) is 23.1. The molecule has 3 saturated heterocycles. The van der Waals surface area contributed by atoms with Gasteiger partial charge in [0.25, 0.3) is 0 Å². The first-order valence-electron chi connectivity index (χ1n) is 12.9. The molecule has 0 aromatic rings. The van der Waals surface area contributed by atoms with Gasteiger partial charge in [-0.05, 0) is 62.4 Å². The molecule has 0 aliphatic carbocycles. The molecule has 0 aromatic heterocycles. The minimum atomic E-state index is 0.280. The minimum absolute atomic E-state index is 0.280. The molecule has 32 heavy (non-hydrogen) atoms. The maximum Gasteiger partial charge on any atom is 0.169 e. The summed E-state index contributed by atoms with van der Waals surface area (Å²) >= 11 is 0. The highest BCUT2D eigenvalue weighted by atomic mass is 15.4. The molecule has 178 valence electrons. The summed E-state index contributed by atoms with van der Waals surface area (Å²) in [6, 6.07) is 4.34. The van der Waals surface area contributed by atoms with Crippen molar-refractivity contribution in [3.05, 3.63) is 11.4 Å². The van der Waals surface area contributed by atoms with Crippen LogP contribution in [0.25, 0.3) is 0 Å². The predicted molar refractivity (Wildman–Crippen MR) is 129 cm³/mol. The second-order valence-electron chi connectivity index (χ2n) is 11.0. The Hall–Kier alpha value is -1.76. The van der Waals surface area contributed by atoms with Crippen LogP contribution < -0.4 is 0 Å². The molecule has 4 unspecified atom stereocenters. The van der Waals surface area contributed by atoms with Gasteiger partial charge in [0, 0.05) is 52.4 Å². The summed E-state index contributed by atoms with van der Waals surface area (Å²) in [5.41, 5.74) is 0.280. The summed E-state index contributed by atoms with van der Waals surface area (Å²) in [4.78, 5) is 9.80. The van der Waals surface area contributed by atoms with Crippen LogP contribution in [0.4, 0.5) is 0 Å². The molecule has 0 amide bonds. The number of hydrogen-bond donors (Lipinski definition) is 0. The Morgan fingerprint density at radius 3 is 1.41 bits per heavy atom. The van der Waals surface area contributed by atoms with Crippen molar-refractivity contribution in [3.8, 4) is 12.1 Å². The van der Waals surface area contributed by atoms with Crippen molar-refractivity contribution in [3.63, 3.8) is 0 Å². The number of nitriles is 2. The van der Waals surface area contributed by atoms with E-state index in [0.29, 0.717) is 0 Å². The molecule has 4 atom stereocenters. The van der Waals surface area contributed by atoms with Crippen molar-refractivity contribution in [1.82, 2.24) is 19.6 Å².